The Hall–Kier alpha value is -4.74. The van der Waals surface area contributed by atoms with Gasteiger partial charge in [-0.05, 0) is 129 Å². The molecular weight excluding hydrogens is 1200 g/mol. The van der Waals surface area contributed by atoms with E-state index in [0.29, 0.717) is 97.0 Å². The molecule has 0 aliphatic carbocycles. The van der Waals surface area contributed by atoms with Gasteiger partial charge in [0, 0.05) is 45.2 Å². The molecule has 1 fully saturated rings. The van der Waals surface area contributed by atoms with Crippen molar-refractivity contribution < 1.29 is 76.3 Å². The first-order valence-corrected chi connectivity index (χ1v) is 38.2. The third kappa shape index (κ3) is 50.6. The van der Waals surface area contributed by atoms with E-state index in [2.05, 4.69) is 57.8 Å². The Morgan fingerprint density at radius 1 is 0.372 bits per heavy atom. The number of alkyl carbamates (subject to hydrolysis) is 1. The largest absolute Gasteiger partial charge is 0.465 e. The zero-order valence-electron chi connectivity index (χ0n) is 60.5. The van der Waals surface area contributed by atoms with Gasteiger partial charge < -0.3 is 48.1 Å². The van der Waals surface area contributed by atoms with E-state index in [1.807, 2.05) is 6.08 Å². The number of amides is 1. The Bertz CT molecular complexity index is 1890. The molecule has 1 N–H and O–H groups in total. The molecule has 1 aliphatic rings. The molecule has 1 saturated heterocycles. The summed E-state index contributed by atoms with van der Waals surface area (Å²) >= 11 is 0. The second-order valence-electron chi connectivity index (χ2n) is 26.6. The number of unbranched alkanes of at least 4 members (excludes halogenated alkanes) is 22. The summed E-state index contributed by atoms with van der Waals surface area (Å²) in [6, 6.07) is 0. The second-order valence-corrected chi connectivity index (χ2v) is 26.6. The smallest absolute Gasteiger partial charge is 0.407 e. The first kappa shape index (κ1) is 87.3. The summed E-state index contributed by atoms with van der Waals surface area (Å²) in [5.74, 6) is -2.93. The van der Waals surface area contributed by atoms with Gasteiger partial charge in [-0.25, -0.2) is 4.79 Å². The number of nitrogens with zero attached hydrogens (tertiary/aromatic N) is 1. The van der Waals surface area contributed by atoms with Crippen LogP contribution < -0.4 is 5.32 Å². The Kier molecular flexibility index (Phi) is 57.4. The van der Waals surface area contributed by atoms with Gasteiger partial charge in [-0.15, -0.1) is 0 Å². The predicted octanol–water partition coefficient (Wildman–Crippen LogP) is 17.6. The number of hydrogen-bond donors (Lipinski definition) is 1. The van der Waals surface area contributed by atoms with Crippen LogP contribution in [0, 0.1) is 17.3 Å². The van der Waals surface area contributed by atoms with Crippen molar-refractivity contribution in [1.82, 2.24) is 10.2 Å². The molecule has 1 rings (SSSR count). The predicted molar refractivity (Wildman–Crippen MR) is 372 cm³/mol. The van der Waals surface area contributed by atoms with Crippen molar-refractivity contribution in [2.24, 2.45) is 17.3 Å². The highest BCUT2D eigenvalue weighted by Gasteiger charge is 2.38. The first-order valence-electron chi connectivity index (χ1n) is 38.2. The number of nitrogens with one attached hydrogen (secondary N) is 1. The average Bonchev–Trinajstić information content (AvgIpc) is 1.05. The number of allylic oxidation sites excluding steroid dienone is 1. The lowest BCUT2D eigenvalue weighted by molar-refractivity contribution is -0.171. The molecule has 0 aromatic carbocycles. The van der Waals surface area contributed by atoms with E-state index in [-0.39, 0.29) is 68.3 Å². The van der Waals surface area contributed by atoms with Crippen molar-refractivity contribution in [2.75, 3.05) is 72.4 Å². The van der Waals surface area contributed by atoms with Crippen LogP contribution >= 0.6 is 0 Å². The van der Waals surface area contributed by atoms with E-state index < -0.39 is 67.9 Å². The summed E-state index contributed by atoms with van der Waals surface area (Å²) in [5, 5.41) is 2.87. The van der Waals surface area contributed by atoms with Crippen molar-refractivity contribution in [1.29, 1.82) is 0 Å². The SMILES string of the molecule is CCCCC/C=C\CCOC(=O)CCCCCC(=O)OCC(COC(=O)CCCCCCOC(=O)C(CCCC)CCCCCC)(COC(=O)CCCCCCOC(=O)C(CCCC)CCCCCC)COC(=O)CCC(CCCCCC)OC(=O)NCCN1CCCC1. The maximum absolute atomic E-state index is 13.8. The highest BCUT2D eigenvalue weighted by atomic mass is 16.6. The van der Waals surface area contributed by atoms with Gasteiger partial charge in [0.1, 0.15) is 37.9 Å². The van der Waals surface area contributed by atoms with Crippen LogP contribution in [-0.4, -0.2) is 131 Å². The number of ether oxygens (including phenoxy) is 8. The van der Waals surface area contributed by atoms with Crippen LogP contribution in [-0.2, 0) is 71.5 Å². The number of esters is 7. The monoisotopic (exact) mass is 1330 g/mol. The van der Waals surface area contributed by atoms with Crippen molar-refractivity contribution >= 4 is 47.9 Å². The van der Waals surface area contributed by atoms with Gasteiger partial charge in [-0.1, -0.05) is 195 Å². The maximum atomic E-state index is 13.8. The fourth-order valence-corrected chi connectivity index (χ4v) is 11.4. The zero-order valence-corrected chi connectivity index (χ0v) is 60.5. The lowest BCUT2D eigenvalue weighted by Crippen LogP contribution is -2.44. The number of hydrogen-bond acceptors (Lipinski definition) is 17. The fraction of sp³-hybridized carbons (Fsp3) is 0.868. The Morgan fingerprint density at radius 2 is 0.745 bits per heavy atom. The highest BCUT2D eigenvalue weighted by molar-refractivity contribution is 5.73. The first-order chi connectivity index (χ1) is 45.7. The Labute approximate surface area is 570 Å². The third-order valence-electron chi connectivity index (χ3n) is 17.7. The summed E-state index contributed by atoms with van der Waals surface area (Å²) < 4.78 is 46.4. The standard InChI is InChI=1S/C76H136N2O16/c1-7-13-19-23-24-27-40-58-87-68(79)48-36-30-37-51-71(82)92-63-76(61-90-69(80)49-34-25-28-41-59-88-73(84)65(43-17-11-5)45-31-20-14-8-2,62-91-70(81)50-35-26-29-42-60-89-74(85)66(44-18-12-6)46-32-21-15-9-3)64-93-72(83)53-52-67(47-33-22-16-10-4)94-75(86)77-54-57-78-55-38-39-56-78/h24,27,65-67H,7-23,25-26,28-64H2,1-6H3,(H,77,86)/b27-24-. The molecule has 18 heteroatoms. The summed E-state index contributed by atoms with van der Waals surface area (Å²) in [7, 11) is 0. The minimum Gasteiger partial charge on any atom is -0.465 e. The molecule has 0 saturated carbocycles. The Balaban J connectivity index is 3.22. The molecule has 0 radical (unpaired) electrons. The molecule has 546 valence electrons. The maximum Gasteiger partial charge on any atom is 0.407 e. The molecule has 18 nitrogen and oxygen atoms in total. The lowest BCUT2D eigenvalue weighted by Gasteiger charge is -2.31. The van der Waals surface area contributed by atoms with Gasteiger partial charge in [0.05, 0.1) is 31.7 Å². The normalized spacial score (nSPS) is 14.0. The number of carbonyl (C=O) groups excluding carboxylic acids is 8. The minimum absolute atomic E-state index is 0.0220. The van der Waals surface area contributed by atoms with Crippen molar-refractivity contribution in [3.8, 4) is 0 Å². The quantitative estimate of drug-likeness (QED) is 0.0258. The van der Waals surface area contributed by atoms with Crippen LogP contribution in [0.15, 0.2) is 12.2 Å². The molecule has 1 heterocycles. The number of likely N-dealkylation sites (tertiary alicyclic amines) is 1. The number of carbonyl (C=O) groups is 8. The summed E-state index contributed by atoms with van der Waals surface area (Å²) in [6.45, 7) is 15.4. The van der Waals surface area contributed by atoms with E-state index in [1.54, 1.807) is 0 Å². The summed E-state index contributed by atoms with van der Waals surface area (Å²) in [4.78, 5) is 108. The van der Waals surface area contributed by atoms with Crippen LogP contribution in [0.1, 0.15) is 330 Å². The summed E-state index contributed by atoms with van der Waals surface area (Å²) in [5.41, 5.74) is -1.50. The van der Waals surface area contributed by atoms with Crippen molar-refractivity contribution in [3.05, 3.63) is 12.2 Å². The van der Waals surface area contributed by atoms with Crippen LogP contribution in [0.3, 0.4) is 0 Å². The molecule has 3 atom stereocenters. The van der Waals surface area contributed by atoms with Crippen LogP contribution in [0.5, 0.6) is 0 Å². The number of rotatable bonds is 65. The highest BCUT2D eigenvalue weighted by Crippen LogP contribution is 2.26. The van der Waals surface area contributed by atoms with Gasteiger partial charge in [0.15, 0.2) is 0 Å². The minimum atomic E-state index is -1.50. The molecular formula is C76H136N2O16. The lowest BCUT2D eigenvalue weighted by atomic mass is 9.92. The zero-order chi connectivity index (χ0) is 68.8. The van der Waals surface area contributed by atoms with E-state index in [9.17, 15) is 38.4 Å². The van der Waals surface area contributed by atoms with Crippen molar-refractivity contribution in [3.63, 3.8) is 0 Å². The van der Waals surface area contributed by atoms with Gasteiger partial charge in [-0.2, -0.15) is 0 Å². The van der Waals surface area contributed by atoms with E-state index in [0.717, 1.165) is 187 Å². The molecule has 1 aliphatic heterocycles. The topological polar surface area (TPSA) is 226 Å². The molecule has 0 aromatic rings. The fourth-order valence-electron chi connectivity index (χ4n) is 11.4. The summed E-state index contributed by atoms with van der Waals surface area (Å²) in [6.07, 6.45) is 38.5. The average molecular weight is 1330 g/mol. The molecule has 3 unspecified atom stereocenters. The third-order valence-corrected chi connectivity index (χ3v) is 17.7. The van der Waals surface area contributed by atoms with Crippen LogP contribution in [0.2, 0.25) is 0 Å². The molecule has 0 bridgehead atoms. The Morgan fingerprint density at radius 3 is 1.20 bits per heavy atom. The second kappa shape index (κ2) is 61.8. The molecule has 1 amide bonds. The van der Waals surface area contributed by atoms with Crippen LogP contribution in [0.25, 0.3) is 0 Å². The van der Waals surface area contributed by atoms with Gasteiger partial charge in [0.2, 0.25) is 0 Å². The molecule has 94 heavy (non-hydrogen) atoms. The van der Waals surface area contributed by atoms with Gasteiger partial charge in [-0.3, -0.25) is 33.6 Å². The van der Waals surface area contributed by atoms with E-state index in [4.69, 9.17) is 37.9 Å². The van der Waals surface area contributed by atoms with E-state index >= 15 is 0 Å². The molecule has 0 spiro atoms. The van der Waals surface area contributed by atoms with Gasteiger partial charge >= 0.3 is 47.9 Å². The van der Waals surface area contributed by atoms with Crippen LogP contribution in [0.4, 0.5) is 4.79 Å². The molecule has 0 aromatic heterocycles. The van der Waals surface area contributed by atoms with E-state index in [1.165, 1.54) is 12.8 Å². The van der Waals surface area contributed by atoms with Gasteiger partial charge in [0.25, 0.3) is 0 Å². The van der Waals surface area contributed by atoms with Crippen molar-refractivity contribution in [2.45, 2.75) is 337 Å².